The maximum absolute atomic E-state index is 13.7. The van der Waals surface area contributed by atoms with Crippen molar-refractivity contribution in [1.29, 1.82) is 0 Å². The van der Waals surface area contributed by atoms with Crippen molar-refractivity contribution in [1.82, 2.24) is 15.1 Å². The highest BCUT2D eigenvalue weighted by atomic mass is 19.1. The Balaban J connectivity index is 1.80. The summed E-state index contributed by atoms with van der Waals surface area (Å²) in [6.45, 7) is 6.88. The number of carbonyl (C=O) groups excluding carboxylic acids is 1. The fourth-order valence-electron chi connectivity index (χ4n) is 2.84. The molecule has 2 aromatic heterocycles. The van der Waals surface area contributed by atoms with Crippen LogP contribution in [0, 0.1) is 19.7 Å². The number of hydrogen-bond acceptors (Lipinski definition) is 7. The molecule has 0 aliphatic rings. The predicted molar refractivity (Wildman–Crippen MR) is 121 cm³/mol. The molecule has 32 heavy (non-hydrogen) atoms. The summed E-state index contributed by atoms with van der Waals surface area (Å²) in [5.74, 6) is 5.26. The molecule has 1 amide bonds. The van der Waals surface area contributed by atoms with Crippen molar-refractivity contribution in [2.45, 2.75) is 13.8 Å². The summed E-state index contributed by atoms with van der Waals surface area (Å²) >= 11 is 0. The zero-order valence-electron chi connectivity index (χ0n) is 17.8. The summed E-state index contributed by atoms with van der Waals surface area (Å²) in [5, 5.41) is 7.60. The lowest BCUT2D eigenvalue weighted by Gasteiger charge is -2.12. The predicted octanol–water partition coefficient (Wildman–Crippen LogP) is 3.31. The van der Waals surface area contributed by atoms with E-state index in [1.54, 1.807) is 24.4 Å². The van der Waals surface area contributed by atoms with Crippen LogP contribution in [0.2, 0.25) is 0 Å². The Morgan fingerprint density at radius 2 is 2.00 bits per heavy atom. The van der Waals surface area contributed by atoms with Gasteiger partial charge in [0.25, 0.3) is 5.91 Å². The van der Waals surface area contributed by atoms with Crippen LogP contribution in [0.25, 0.3) is 11.1 Å². The van der Waals surface area contributed by atoms with Crippen LogP contribution >= 0.6 is 0 Å². The second-order valence-corrected chi connectivity index (χ2v) is 6.87. The lowest BCUT2D eigenvalue weighted by molar-refractivity contribution is 0.102. The van der Waals surface area contributed by atoms with Gasteiger partial charge >= 0.3 is 6.02 Å². The highest BCUT2D eigenvalue weighted by Crippen LogP contribution is 2.28. The van der Waals surface area contributed by atoms with Gasteiger partial charge < -0.3 is 10.1 Å². The number of ether oxygens (including phenoxy) is 1. The van der Waals surface area contributed by atoms with E-state index in [0.717, 1.165) is 28.0 Å². The molecule has 2 heterocycles. The Kier molecular flexibility index (Phi) is 6.86. The number of pyridine rings is 2. The second kappa shape index (κ2) is 9.75. The minimum atomic E-state index is -0.545. The molecule has 0 bridgehead atoms. The Labute approximate surface area is 184 Å². The number of nitrogens with two attached hydrogens (primary N) is 1. The third-order valence-electron chi connectivity index (χ3n) is 4.51. The number of nitrogens with zero attached hydrogens (tertiary/aromatic N) is 5. The van der Waals surface area contributed by atoms with Crippen LogP contribution in [-0.4, -0.2) is 40.8 Å². The van der Waals surface area contributed by atoms with E-state index in [-0.39, 0.29) is 17.1 Å². The van der Waals surface area contributed by atoms with Crippen molar-refractivity contribution in [3.8, 4) is 16.9 Å². The van der Waals surface area contributed by atoms with Crippen molar-refractivity contribution >= 4 is 24.5 Å². The van der Waals surface area contributed by atoms with E-state index in [9.17, 15) is 9.18 Å². The Morgan fingerprint density at radius 1 is 1.22 bits per heavy atom. The van der Waals surface area contributed by atoms with Gasteiger partial charge in [-0.3, -0.25) is 9.78 Å². The number of aromatic nitrogens is 2. The fourth-order valence-corrected chi connectivity index (χ4v) is 2.84. The molecule has 3 rings (SSSR count). The average Bonchev–Trinajstić information content (AvgIpc) is 2.76. The molecule has 0 radical (unpaired) electrons. The molecule has 3 N–H and O–H groups in total. The zero-order chi connectivity index (χ0) is 23.3. The largest absolute Gasteiger partial charge is 0.423 e. The molecule has 0 spiro atoms. The van der Waals surface area contributed by atoms with Gasteiger partial charge in [0.05, 0.1) is 11.8 Å². The van der Waals surface area contributed by atoms with Gasteiger partial charge in [0.15, 0.2) is 0 Å². The van der Waals surface area contributed by atoms with Crippen LogP contribution < -0.4 is 15.9 Å². The lowest BCUT2D eigenvalue weighted by atomic mass is 10.0. The third-order valence-corrected chi connectivity index (χ3v) is 4.51. The quantitative estimate of drug-likeness (QED) is 0.275. The highest BCUT2D eigenvalue weighted by Gasteiger charge is 2.14. The molecular formula is C22H22FN7O2. The molecular weight excluding hydrogens is 413 g/mol. The van der Waals surface area contributed by atoms with E-state index in [1.807, 2.05) is 19.1 Å². The number of rotatable bonds is 5. The van der Waals surface area contributed by atoms with E-state index in [1.165, 1.54) is 20.2 Å². The average molecular weight is 435 g/mol. The molecule has 0 atom stereocenters. The van der Waals surface area contributed by atoms with Gasteiger partial charge in [-0.25, -0.2) is 25.3 Å². The van der Waals surface area contributed by atoms with Crippen molar-refractivity contribution in [3.05, 3.63) is 71.4 Å². The number of hydrazine groups is 1. The molecule has 0 aliphatic carbocycles. The van der Waals surface area contributed by atoms with E-state index in [2.05, 4.69) is 32.1 Å². The molecule has 10 heteroatoms. The molecule has 3 aromatic rings. The number of halogens is 1. The van der Waals surface area contributed by atoms with Crippen molar-refractivity contribution < 1.29 is 13.9 Å². The van der Waals surface area contributed by atoms with E-state index in [4.69, 9.17) is 10.6 Å². The smallest absolute Gasteiger partial charge is 0.339 e. The van der Waals surface area contributed by atoms with Gasteiger partial charge in [0.2, 0.25) is 0 Å². The maximum Gasteiger partial charge on any atom is 0.339 e. The number of hydrazone groups is 1. The van der Waals surface area contributed by atoms with Gasteiger partial charge in [-0.1, -0.05) is 6.07 Å². The van der Waals surface area contributed by atoms with Gasteiger partial charge in [-0.05, 0) is 56.0 Å². The molecule has 0 saturated carbocycles. The molecule has 0 saturated heterocycles. The first-order chi connectivity index (χ1) is 15.3. The summed E-state index contributed by atoms with van der Waals surface area (Å²) in [6, 6.07) is 8.93. The molecule has 0 fully saturated rings. The topological polar surface area (TPSA) is 118 Å². The van der Waals surface area contributed by atoms with Crippen LogP contribution in [0.3, 0.4) is 0 Å². The van der Waals surface area contributed by atoms with Gasteiger partial charge in [0.1, 0.15) is 17.4 Å². The monoisotopic (exact) mass is 435 g/mol. The summed E-state index contributed by atoms with van der Waals surface area (Å²) in [6.07, 6.45) is 4.00. The standard InChI is InChI=1S/C22H22FN7O2/c1-13-5-7-16(32-22(25-3)29-30(4)24)9-17(13)15-6-8-20(27-10-15)28-21(31)18-11-26-12-19(23)14(18)2/h5-12H,3,24H2,1-2,4H3,(H,27,28,31)/b29-22+. The first kappa shape index (κ1) is 22.5. The number of anilines is 1. The second-order valence-electron chi connectivity index (χ2n) is 6.87. The zero-order valence-corrected chi connectivity index (χ0v) is 17.8. The van der Waals surface area contributed by atoms with Crippen LogP contribution in [0.1, 0.15) is 21.5 Å². The van der Waals surface area contributed by atoms with Crippen LogP contribution in [0.5, 0.6) is 5.75 Å². The first-order valence-electron chi connectivity index (χ1n) is 9.48. The Hall–Kier alpha value is -4.18. The van der Waals surface area contributed by atoms with E-state index >= 15 is 0 Å². The Bertz CT molecular complexity index is 1180. The number of nitrogens with one attached hydrogen (secondary N) is 1. The molecule has 0 aliphatic heterocycles. The number of hydrogen-bond donors (Lipinski definition) is 2. The Morgan fingerprint density at radius 3 is 2.66 bits per heavy atom. The third kappa shape index (κ3) is 5.29. The number of aliphatic imine (C=N–C) groups is 1. The first-order valence-corrected chi connectivity index (χ1v) is 9.48. The number of aryl methyl sites for hydroxylation is 1. The van der Waals surface area contributed by atoms with Crippen molar-refractivity contribution in [2.24, 2.45) is 15.9 Å². The summed E-state index contributed by atoms with van der Waals surface area (Å²) < 4.78 is 19.3. The van der Waals surface area contributed by atoms with Crippen molar-refractivity contribution in [2.75, 3.05) is 12.4 Å². The number of benzene rings is 1. The molecule has 9 nitrogen and oxygen atoms in total. The number of amidine groups is 1. The molecule has 1 aromatic carbocycles. The van der Waals surface area contributed by atoms with Crippen LogP contribution in [0.15, 0.2) is 59.0 Å². The fraction of sp³-hybridized carbons (Fsp3) is 0.136. The van der Waals surface area contributed by atoms with E-state index in [0.29, 0.717) is 11.6 Å². The normalized spacial score (nSPS) is 11.1. The van der Waals surface area contributed by atoms with Crippen LogP contribution in [-0.2, 0) is 0 Å². The lowest BCUT2D eigenvalue weighted by Crippen LogP contribution is -2.22. The molecule has 164 valence electrons. The maximum atomic E-state index is 13.7. The van der Waals surface area contributed by atoms with E-state index < -0.39 is 11.7 Å². The minimum Gasteiger partial charge on any atom is -0.423 e. The van der Waals surface area contributed by atoms with Gasteiger partial charge in [0, 0.05) is 30.6 Å². The van der Waals surface area contributed by atoms with Crippen molar-refractivity contribution in [3.63, 3.8) is 0 Å². The van der Waals surface area contributed by atoms with Gasteiger partial charge in [-0.15, -0.1) is 5.10 Å². The summed E-state index contributed by atoms with van der Waals surface area (Å²) in [5.41, 5.74) is 3.02. The van der Waals surface area contributed by atoms with Crippen LogP contribution in [0.4, 0.5) is 10.2 Å². The molecule has 0 unspecified atom stereocenters. The highest BCUT2D eigenvalue weighted by molar-refractivity contribution is 6.04. The number of carbonyl (C=O) groups is 1. The minimum absolute atomic E-state index is 0.00289. The summed E-state index contributed by atoms with van der Waals surface area (Å²) in [7, 11) is 1.53. The summed E-state index contributed by atoms with van der Waals surface area (Å²) in [4.78, 5) is 24.2. The number of amides is 1. The SMILES string of the molecule is C=N/C(=N\N(C)N)Oc1ccc(C)c(-c2ccc(NC(=O)c3cncc(F)c3C)nc2)c1. The van der Waals surface area contributed by atoms with Gasteiger partial charge in [-0.2, -0.15) is 0 Å².